The Hall–Kier alpha value is -3.52. The molecular weight excluding hydrogens is 498 g/mol. The van der Waals surface area contributed by atoms with Crippen LogP contribution in [0.15, 0.2) is 46.0 Å². The molecule has 0 aliphatic carbocycles. The summed E-state index contributed by atoms with van der Waals surface area (Å²) < 4.78 is 7.25. The Bertz CT molecular complexity index is 1600. The third-order valence-corrected chi connectivity index (χ3v) is 7.22. The van der Waals surface area contributed by atoms with Crippen molar-refractivity contribution in [2.75, 3.05) is 6.61 Å². The van der Waals surface area contributed by atoms with Gasteiger partial charge in [-0.15, -0.1) is 0 Å². The fourth-order valence-electron chi connectivity index (χ4n) is 4.20. The van der Waals surface area contributed by atoms with Gasteiger partial charge in [-0.05, 0) is 58.7 Å². The van der Waals surface area contributed by atoms with E-state index in [9.17, 15) is 14.7 Å². The van der Waals surface area contributed by atoms with Gasteiger partial charge in [-0.25, -0.2) is 0 Å². The van der Waals surface area contributed by atoms with E-state index in [1.807, 2.05) is 84.9 Å². The van der Waals surface area contributed by atoms with Crippen molar-refractivity contribution in [2.45, 2.75) is 72.1 Å². The topological polar surface area (TPSA) is 93.8 Å². The Morgan fingerprint density at radius 2 is 1.61 bits per heavy atom. The molecule has 0 unspecified atom stereocenters. The number of hydrogen-bond acceptors (Lipinski definition) is 7. The Kier molecular flexibility index (Phi) is 7.48. The third-order valence-electron chi connectivity index (χ3n) is 6.26. The molecule has 0 bridgehead atoms. The minimum absolute atomic E-state index is 0.209. The predicted molar refractivity (Wildman–Crippen MR) is 153 cm³/mol. The van der Waals surface area contributed by atoms with Crippen molar-refractivity contribution in [2.24, 2.45) is 0 Å². The quantitative estimate of drug-likeness (QED) is 0.385. The van der Waals surface area contributed by atoms with Crippen molar-refractivity contribution < 1.29 is 9.84 Å². The average Bonchev–Trinajstić information content (AvgIpc) is 3.12. The summed E-state index contributed by atoms with van der Waals surface area (Å²) >= 11 is 1.13. The lowest BCUT2D eigenvalue weighted by Crippen LogP contribution is -2.28. The van der Waals surface area contributed by atoms with E-state index >= 15 is 0 Å². The van der Waals surface area contributed by atoms with Gasteiger partial charge in [0.2, 0.25) is 4.96 Å². The second-order valence-electron chi connectivity index (χ2n) is 11.6. The minimum Gasteiger partial charge on any atom is -0.507 e. The summed E-state index contributed by atoms with van der Waals surface area (Å²) in [6, 6.07) is 11.3. The molecule has 0 atom stereocenters. The number of rotatable bonds is 6. The number of phenolic OH excluding ortho intramolecular Hbond substituents is 1. The number of hydrogen-bond donors (Lipinski definition) is 1. The number of benzene rings is 2. The molecule has 0 radical (unpaired) electrons. The van der Waals surface area contributed by atoms with E-state index in [0.29, 0.717) is 11.1 Å². The maximum atomic E-state index is 13.3. The maximum absolute atomic E-state index is 13.3. The van der Waals surface area contributed by atoms with Gasteiger partial charge in [-0.3, -0.25) is 9.59 Å². The first-order valence-corrected chi connectivity index (χ1v) is 13.6. The van der Waals surface area contributed by atoms with Crippen LogP contribution < -0.4 is 20.4 Å². The second kappa shape index (κ2) is 10.3. The first-order chi connectivity index (χ1) is 17.8. The predicted octanol–water partition coefficient (Wildman–Crippen LogP) is 4.74. The fourth-order valence-corrected chi connectivity index (χ4v) is 5.11. The van der Waals surface area contributed by atoms with Gasteiger partial charge in [0.25, 0.3) is 11.1 Å². The van der Waals surface area contributed by atoms with Crippen LogP contribution in [-0.2, 0) is 17.3 Å². The molecule has 0 aliphatic heterocycles. The van der Waals surface area contributed by atoms with Gasteiger partial charge < -0.3 is 9.84 Å². The standard InChI is InChI=1S/C30H35N3O4S/c1-8-13-37-20-11-9-18(10-12-20)16-23-26(35)31-28-33(32-23)27(36)24(38-28)17-19-14-21(29(2,3)4)25(34)22(15-19)30(5,6)7/h9-12,14-15,17,34H,8,13,16H2,1-7H3. The molecule has 200 valence electrons. The molecule has 2 aromatic carbocycles. The van der Waals surface area contributed by atoms with Gasteiger partial charge >= 0.3 is 0 Å². The molecule has 0 saturated carbocycles. The highest BCUT2D eigenvalue weighted by Crippen LogP contribution is 2.39. The van der Waals surface area contributed by atoms with Gasteiger partial charge in [-0.1, -0.05) is 71.9 Å². The molecule has 4 rings (SSSR count). The van der Waals surface area contributed by atoms with Gasteiger partial charge in [0, 0.05) is 17.5 Å². The first kappa shape index (κ1) is 27.5. The molecule has 7 nitrogen and oxygen atoms in total. The maximum Gasteiger partial charge on any atom is 0.296 e. The number of nitrogens with zero attached hydrogens (tertiary/aromatic N) is 3. The number of ether oxygens (including phenoxy) is 1. The zero-order valence-electron chi connectivity index (χ0n) is 23.1. The zero-order valence-corrected chi connectivity index (χ0v) is 23.9. The SMILES string of the molecule is CCCOc1ccc(Cc2nn3c(=O)c(=Cc4cc(C(C)(C)C)c(O)c(C(C)(C)C)c4)sc3nc2=O)cc1. The van der Waals surface area contributed by atoms with Crippen molar-refractivity contribution in [3.63, 3.8) is 0 Å². The van der Waals surface area contributed by atoms with Crippen LogP contribution in [0.25, 0.3) is 11.0 Å². The molecule has 8 heteroatoms. The molecule has 38 heavy (non-hydrogen) atoms. The van der Waals surface area contributed by atoms with Gasteiger partial charge in [0.05, 0.1) is 11.1 Å². The van der Waals surface area contributed by atoms with Crippen LogP contribution in [0.1, 0.15) is 82.8 Å². The molecular formula is C30H35N3O4S. The number of aromatic nitrogens is 3. The van der Waals surface area contributed by atoms with Crippen LogP contribution in [0.3, 0.4) is 0 Å². The van der Waals surface area contributed by atoms with Crippen molar-refractivity contribution in [1.82, 2.24) is 14.6 Å². The largest absolute Gasteiger partial charge is 0.507 e. The summed E-state index contributed by atoms with van der Waals surface area (Å²) in [6.07, 6.45) is 2.97. The van der Waals surface area contributed by atoms with E-state index in [2.05, 4.69) is 10.1 Å². The third kappa shape index (κ3) is 5.80. The lowest BCUT2D eigenvalue weighted by Gasteiger charge is -2.27. The second-order valence-corrected chi connectivity index (χ2v) is 12.6. The number of aromatic hydroxyl groups is 1. The van der Waals surface area contributed by atoms with E-state index in [-0.39, 0.29) is 39.2 Å². The van der Waals surface area contributed by atoms with Crippen LogP contribution in [0.5, 0.6) is 11.5 Å². The fraction of sp³-hybridized carbons (Fsp3) is 0.400. The average molecular weight is 534 g/mol. The Morgan fingerprint density at radius 3 is 2.16 bits per heavy atom. The first-order valence-electron chi connectivity index (χ1n) is 12.8. The van der Waals surface area contributed by atoms with Crippen molar-refractivity contribution in [3.05, 3.63) is 89.6 Å². The van der Waals surface area contributed by atoms with Crippen LogP contribution in [0.2, 0.25) is 0 Å². The summed E-state index contributed by atoms with van der Waals surface area (Å²) in [7, 11) is 0. The van der Waals surface area contributed by atoms with Crippen molar-refractivity contribution in [1.29, 1.82) is 0 Å². The number of phenols is 1. The zero-order chi connectivity index (χ0) is 27.8. The molecule has 0 aliphatic rings. The number of thiazole rings is 1. The van der Waals surface area contributed by atoms with Crippen molar-refractivity contribution in [3.8, 4) is 11.5 Å². The lowest BCUT2D eigenvalue weighted by molar-refractivity contribution is 0.317. The molecule has 1 N–H and O–H groups in total. The van der Waals surface area contributed by atoms with E-state index < -0.39 is 5.56 Å². The molecule has 4 aromatic rings. The highest BCUT2D eigenvalue weighted by molar-refractivity contribution is 7.15. The Labute approximate surface area is 226 Å². The smallest absolute Gasteiger partial charge is 0.296 e. The van der Waals surface area contributed by atoms with Crippen LogP contribution >= 0.6 is 11.3 Å². The van der Waals surface area contributed by atoms with Gasteiger partial charge in [-0.2, -0.15) is 14.6 Å². The molecule has 0 amide bonds. The van der Waals surface area contributed by atoms with E-state index in [0.717, 1.165) is 45.8 Å². The molecule has 0 fully saturated rings. The molecule has 0 spiro atoms. The summed E-state index contributed by atoms with van der Waals surface area (Å²) in [6.45, 7) is 15.0. The Morgan fingerprint density at radius 1 is 1.00 bits per heavy atom. The Balaban J connectivity index is 1.76. The van der Waals surface area contributed by atoms with Crippen LogP contribution in [0, 0.1) is 0 Å². The molecule has 2 aromatic heterocycles. The van der Waals surface area contributed by atoms with E-state index in [4.69, 9.17) is 4.74 Å². The highest BCUT2D eigenvalue weighted by Gasteiger charge is 2.26. The minimum atomic E-state index is -0.446. The number of fused-ring (bicyclic) bond motifs is 1. The van der Waals surface area contributed by atoms with Crippen LogP contribution in [0.4, 0.5) is 0 Å². The summed E-state index contributed by atoms with van der Waals surface area (Å²) in [5.41, 5.74) is 2.15. The normalized spacial score (nSPS) is 12.9. The highest BCUT2D eigenvalue weighted by atomic mass is 32.1. The summed E-state index contributed by atoms with van der Waals surface area (Å²) in [4.78, 5) is 30.4. The van der Waals surface area contributed by atoms with Crippen molar-refractivity contribution >= 4 is 22.4 Å². The van der Waals surface area contributed by atoms with Gasteiger partial charge in [0.1, 0.15) is 17.2 Å². The summed E-state index contributed by atoms with van der Waals surface area (Å²) in [5, 5.41) is 15.4. The molecule has 0 saturated heterocycles. The summed E-state index contributed by atoms with van der Waals surface area (Å²) in [5.74, 6) is 1.05. The lowest BCUT2D eigenvalue weighted by atomic mass is 9.78. The van der Waals surface area contributed by atoms with E-state index in [1.54, 1.807) is 6.08 Å². The van der Waals surface area contributed by atoms with E-state index in [1.165, 1.54) is 4.52 Å². The van der Waals surface area contributed by atoms with Gasteiger partial charge in [0.15, 0.2) is 0 Å². The monoisotopic (exact) mass is 533 g/mol. The molecule has 2 heterocycles. The van der Waals surface area contributed by atoms with Crippen LogP contribution in [-0.4, -0.2) is 26.3 Å².